The molecular weight excluding hydrogens is 476 g/mol. The highest BCUT2D eigenvalue weighted by atomic mass is 79.9. The summed E-state index contributed by atoms with van der Waals surface area (Å²) < 4.78 is 22.3. The van der Waals surface area contributed by atoms with E-state index in [4.69, 9.17) is 30.5 Å². The molecule has 158 valence electrons. The minimum Gasteiger partial charge on any atom is -0.493 e. The largest absolute Gasteiger partial charge is 0.493 e. The number of benzene rings is 2. The van der Waals surface area contributed by atoms with Gasteiger partial charge in [0.05, 0.1) is 48.3 Å². The summed E-state index contributed by atoms with van der Waals surface area (Å²) in [5, 5.41) is 0.620. The number of hydrogen-bond donors (Lipinski definition) is 1. The van der Waals surface area contributed by atoms with Crippen LogP contribution in [0.2, 0.25) is 0 Å². The van der Waals surface area contributed by atoms with Gasteiger partial charge in [0.15, 0.2) is 28.8 Å². The minimum atomic E-state index is -0.339. The number of fused-ring (bicyclic) bond motifs is 1. The van der Waals surface area contributed by atoms with Gasteiger partial charge in [-0.15, -0.1) is 0 Å². The average Bonchev–Trinajstić information content (AvgIpc) is 2.72. The van der Waals surface area contributed by atoms with Crippen molar-refractivity contribution in [3.05, 3.63) is 50.5 Å². The molecule has 0 radical (unpaired) electrons. The van der Waals surface area contributed by atoms with E-state index in [1.54, 1.807) is 31.4 Å². The fraction of sp³-hybridized carbons (Fsp3) is 0.238. The van der Waals surface area contributed by atoms with Gasteiger partial charge in [-0.05, 0) is 52.7 Å². The highest BCUT2D eigenvalue weighted by Crippen LogP contribution is 2.38. The van der Waals surface area contributed by atoms with E-state index in [9.17, 15) is 4.79 Å². The van der Waals surface area contributed by atoms with Crippen molar-refractivity contribution in [1.29, 1.82) is 0 Å². The Hall–Kier alpha value is -2.71. The van der Waals surface area contributed by atoms with Gasteiger partial charge in [-0.3, -0.25) is 4.79 Å². The zero-order chi connectivity index (χ0) is 21.8. The van der Waals surface area contributed by atoms with Crippen LogP contribution in [0.5, 0.6) is 23.0 Å². The molecule has 3 aromatic rings. The number of rotatable bonds is 7. The molecule has 0 bridgehead atoms. The Kier molecular flexibility index (Phi) is 6.89. The quantitative estimate of drug-likeness (QED) is 0.505. The van der Waals surface area contributed by atoms with Gasteiger partial charge in [-0.2, -0.15) is 0 Å². The van der Waals surface area contributed by atoms with Gasteiger partial charge in [0.25, 0.3) is 5.56 Å². The standard InChI is InChI=1S/C21H20BrClN2O5/c1-5-30-18-8-11(6-13(22)19(18)29-4)7-14(23)20-24-15-10-17(28-3)16(27-2)9-12(15)21(26)25-20/h6-10H,5H2,1-4H3,(H,24,25,26)/b14-7-. The van der Waals surface area contributed by atoms with Gasteiger partial charge in [0.1, 0.15) is 0 Å². The molecule has 0 saturated carbocycles. The zero-order valence-corrected chi connectivity index (χ0v) is 19.2. The third kappa shape index (κ3) is 4.39. The van der Waals surface area contributed by atoms with Crippen LogP contribution in [0.15, 0.2) is 33.5 Å². The Balaban J connectivity index is 2.09. The number of nitrogens with zero attached hydrogens (tertiary/aromatic N) is 1. The molecule has 0 atom stereocenters. The second kappa shape index (κ2) is 9.40. The first-order valence-corrected chi connectivity index (χ1v) is 10.1. The third-order valence-electron chi connectivity index (χ3n) is 4.27. The van der Waals surface area contributed by atoms with Crippen molar-refractivity contribution in [2.75, 3.05) is 27.9 Å². The molecule has 0 fully saturated rings. The first-order valence-electron chi connectivity index (χ1n) is 8.95. The molecule has 30 heavy (non-hydrogen) atoms. The average molecular weight is 496 g/mol. The van der Waals surface area contributed by atoms with E-state index < -0.39 is 0 Å². The second-order valence-corrected chi connectivity index (χ2v) is 7.36. The van der Waals surface area contributed by atoms with Crippen molar-refractivity contribution in [3.63, 3.8) is 0 Å². The van der Waals surface area contributed by atoms with Crippen molar-refractivity contribution < 1.29 is 18.9 Å². The number of aromatic amines is 1. The van der Waals surface area contributed by atoms with E-state index in [2.05, 4.69) is 25.9 Å². The van der Waals surface area contributed by atoms with E-state index in [0.29, 0.717) is 45.0 Å². The highest BCUT2D eigenvalue weighted by Gasteiger charge is 2.14. The number of nitrogens with one attached hydrogen (secondary N) is 1. The number of methoxy groups -OCH3 is 3. The molecule has 7 nitrogen and oxygen atoms in total. The van der Waals surface area contributed by atoms with E-state index in [0.717, 1.165) is 5.56 Å². The van der Waals surface area contributed by atoms with Gasteiger partial charge in [0, 0.05) is 6.07 Å². The van der Waals surface area contributed by atoms with Crippen LogP contribution in [-0.4, -0.2) is 37.9 Å². The number of halogens is 2. The van der Waals surface area contributed by atoms with E-state index >= 15 is 0 Å². The lowest BCUT2D eigenvalue weighted by atomic mass is 10.1. The van der Waals surface area contributed by atoms with Gasteiger partial charge in [-0.25, -0.2) is 4.98 Å². The third-order valence-corrected chi connectivity index (χ3v) is 5.14. The van der Waals surface area contributed by atoms with Crippen LogP contribution in [-0.2, 0) is 0 Å². The SMILES string of the molecule is CCOc1cc(/C=C(\Cl)c2nc3cc(OC)c(OC)cc3c(=O)[nH]2)cc(Br)c1OC. The van der Waals surface area contributed by atoms with Gasteiger partial charge >= 0.3 is 0 Å². The molecule has 0 aliphatic carbocycles. The predicted octanol–water partition coefficient (Wildman–Crippen LogP) is 4.85. The van der Waals surface area contributed by atoms with E-state index in [1.807, 2.05) is 13.0 Å². The fourth-order valence-electron chi connectivity index (χ4n) is 2.93. The summed E-state index contributed by atoms with van der Waals surface area (Å²) in [5.74, 6) is 2.30. The Bertz CT molecular complexity index is 1180. The zero-order valence-electron chi connectivity index (χ0n) is 16.8. The summed E-state index contributed by atoms with van der Waals surface area (Å²) in [6, 6.07) is 6.84. The van der Waals surface area contributed by atoms with Crippen molar-refractivity contribution in [3.8, 4) is 23.0 Å². The molecule has 2 aromatic carbocycles. The number of hydrogen-bond acceptors (Lipinski definition) is 6. The smallest absolute Gasteiger partial charge is 0.259 e. The Morgan fingerprint density at radius 2 is 1.80 bits per heavy atom. The molecule has 0 aliphatic rings. The Morgan fingerprint density at radius 1 is 1.10 bits per heavy atom. The van der Waals surface area contributed by atoms with Gasteiger partial charge in [0.2, 0.25) is 0 Å². The lowest BCUT2D eigenvalue weighted by Crippen LogP contribution is -2.11. The molecule has 0 saturated heterocycles. The van der Waals surface area contributed by atoms with Crippen molar-refractivity contribution in [1.82, 2.24) is 9.97 Å². The maximum Gasteiger partial charge on any atom is 0.259 e. The van der Waals surface area contributed by atoms with Crippen LogP contribution in [0.25, 0.3) is 22.0 Å². The van der Waals surface area contributed by atoms with Gasteiger partial charge in [-0.1, -0.05) is 11.6 Å². The predicted molar refractivity (Wildman–Crippen MR) is 121 cm³/mol. The normalized spacial score (nSPS) is 11.5. The summed E-state index contributed by atoms with van der Waals surface area (Å²) in [7, 11) is 4.59. The highest BCUT2D eigenvalue weighted by molar-refractivity contribution is 9.10. The van der Waals surface area contributed by atoms with Crippen LogP contribution < -0.4 is 24.5 Å². The molecule has 0 unspecified atom stereocenters. The molecule has 0 aliphatic heterocycles. The molecular formula is C21H20BrClN2O5. The molecule has 3 rings (SSSR count). The van der Waals surface area contributed by atoms with E-state index in [-0.39, 0.29) is 16.4 Å². The maximum atomic E-state index is 12.6. The first-order chi connectivity index (χ1) is 14.4. The Morgan fingerprint density at radius 3 is 2.43 bits per heavy atom. The summed E-state index contributed by atoms with van der Waals surface area (Å²) in [6.45, 7) is 2.37. The molecule has 0 spiro atoms. The van der Waals surface area contributed by atoms with Crippen LogP contribution in [0.3, 0.4) is 0 Å². The van der Waals surface area contributed by atoms with Crippen molar-refractivity contribution in [2.45, 2.75) is 6.92 Å². The number of aromatic nitrogens is 2. The maximum absolute atomic E-state index is 12.6. The lowest BCUT2D eigenvalue weighted by Gasteiger charge is -2.12. The molecule has 1 heterocycles. The van der Waals surface area contributed by atoms with Crippen molar-refractivity contribution in [2.24, 2.45) is 0 Å². The molecule has 1 aromatic heterocycles. The fourth-order valence-corrected chi connectivity index (χ4v) is 3.76. The van der Waals surface area contributed by atoms with E-state index in [1.165, 1.54) is 14.2 Å². The summed E-state index contributed by atoms with van der Waals surface area (Å²) in [4.78, 5) is 19.8. The molecule has 1 N–H and O–H groups in total. The van der Waals surface area contributed by atoms with Crippen LogP contribution in [0, 0.1) is 0 Å². The first kappa shape index (κ1) is 22.0. The number of ether oxygens (including phenoxy) is 4. The summed E-state index contributed by atoms with van der Waals surface area (Å²) >= 11 is 9.96. The minimum absolute atomic E-state index is 0.228. The summed E-state index contributed by atoms with van der Waals surface area (Å²) in [6.07, 6.45) is 1.68. The summed E-state index contributed by atoms with van der Waals surface area (Å²) in [5.41, 5.74) is 0.837. The van der Waals surface area contributed by atoms with Gasteiger partial charge < -0.3 is 23.9 Å². The van der Waals surface area contributed by atoms with Crippen LogP contribution in [0.1, 0.15) is 18.3 Å². The monoisotopic (exact) mass is 494 g/mol. The molecule has 0 amide bonds. The Labute approximate surface area is 186 Å². The lowest BCUT2D eigenvalue weighted by molar-refractivity contribution is 0.310. The topological polar surface area (TPSA) is 82.7 Å². The van der Waals surface area contributed by atoms with Crippen LogP contribution >= 0.6 is 27.5 Å². The van der Waals surface area contributed by atoms with Crippen molar-refractivity contribution >= 4 is 49.5 Å². The second-order valence-electron chi connectivity index (χ2n) is 6.10. The molecule has 9 heteroatoms. The van der Waals surface area contributed by atoms with Crippen LogP contribution in [0.4, 0.5) is 0 Å². The number of H-pyrrole nitrogens is 1.